The smallest absolute Gasteiger partial charge is 0.278 e. The second-order valence-corrected chi connectivity index (χ2v) is 5.16. The number of halogens is 1. The summed E-state index contributed by atoms with van der Waals surface area (Å²) in [7, 11) is 2.89. The molecule has 0 aliphatic rings. The third-order valence-corrected chi connectivity index (χ3v) is 3.76. The maximum absolute atomic E-state index is 11.4. The Labute approximate surface area is 141 Å². The summed E-state index contributed by atoms with van der Waals surface area (Å²) in [5, 5.41) is 11.6. The van der Waals surface area contributed by atoms with Crippen LogP contribution in [-0.2, 0) is 6.54 Å². The molecule has 0 N–H and O–H groups in total. The Morgan fingerprint density at radius 2 is 1.92 bits per heavy atom. The Bertz CT molecular complexity index is 927. The molecule has 0 fully saturated rings. The molecule has 0 aliphatic heterocycles. The van der Waals surface area contributed by atoms with Gasteiger partial charge in [-0.2, -0.15) is 0 Å². The third-order valence-electron chi connectivity index (χ3n) is 3.48. The molecule has 2 heterocycles. The summed E-state index contributed by atoms with van der Waals surface area (Å²) in [5.74, 6) is 0.684. The molecule has 0 aliphatic carbocycles. The first-order chi connectivity index (χ1) is 11.5. The van der Waals surface area contributed by atoms with Crippen LogP contribution in [0.15, 0.2) is 24.8 Å². The van der Waals surface area contributed by atoms with E-state index in [4.69, 9.17) is 21.1 Å². The predicted molar refractivity (Wildman–Crippen MR) is 85.6 cm³/mol. The molecule has 124 valence electrons. The van der Waals surface area contributed by atoms with Gasteiger partial charge in [-0.15, -0.1) is 0 Å². The van der Waals surface area contributed by atoms with E-state index in [2.05, 4.69) is 15.0 Å². The van der Waals surface area contributed by atoms with E-state index in [1.54, 1.807) is 10.6 Å². The van der Waals surface area contributed by atoms with Gasteiger partial charge in [0.1, 0.15) is 11.8 Å². The molecule has 10 heteroatoms. The van der Waals surface area contributed by atoms with Crippen LogP contribution in [0.3, 0.4) is 0 Å². The lowest BCUT2D eigenvalue weighted by Crippen LogP contribution is -2.05. The maximum atomic E-state index is 11.4. The van der Waals surface area contributed by atoms with E-state index >= 15 is 0 Å². The van der Waals surface area contributed by atoms with Crippen molar-refractivity contribution in [3.63, 3.8) is 0 Å². The lowest BCUT2D eigenvalue weighted by Gasteiger charge is -2.11. The van der Waals surface area contributed by atoms with Gasteiger partial charge in [-0.05, 0) is 6.07 Å². The van der Waals surface area contributed by atoms with E-state index in [1.165, 1.54) is 32.9 Å². The number of benzene rings is 1. The summed E-state index contributed by atoms with van der Waals surface area (Å²) >= 11 is 5.97. The molecule has 0 unspecified atom stereocenters. The molecule has 0 atom stereocenters. The van der Waals surface area contributed by atoms with Gasteiger partial charge >= 0.3 is 0 Å². The highest BCUT2D eigenvalue weighted by Gasteiger charge is 2.21. The van der Waals surface area contributed by atoms with Gasteiger partial charge < -0.3 is 14.0 Å². The Morgan fingerprint density at radius 1 is 1.21 bits per heavy atom. The second kappa shape index (κ2) is 6.28. The molecule has 3 rings (SSSR count). The number of nitro groups is 1. The van der Waals surface area contributed by atoms with Crippen LogP contribution in [0.5, 0.6) is 11.5 Å². The number of imidazole rings is 1. The molecule has 24 heavy (non-hydrogen) atoms. The SMILES string of the molecule is COc1cc(Cn2cnc3c(Cl)ncnc32)c([N+](=O)[O-])cc1OC. The Kier molecular flexibility index (Phi) is 4.17. The number of nitrogens with zero attached hydrogens (tertiary/aromatic N) is 5. The van der Waals surface area contributed by atoms with Gasteiger partial charge in [-0.25, -0.2) is 15.0 Å². The summed E-state index contributed by atoms with van der Waals surface area (Å²) in [5.41, 5.74) is 1.25. The molecule has 1 aromatic carbocycles. The first-order valence-corrected chi connectivity index (χ1v) is 7.13. The zero-order valence-corrected chi connectivity index (χ0v) is 13.5. The van der Waals surface area contributed by atoms with Crippen LogP contribution in [0, 0.1) is 10.1 Å². The summed E-state index contributed by atoms with van der Waals surface area (Å²) in [6.45, 7) is 0.167. The van der Waals surface area contributed by atoms with Crippen molar-refractivity contribution in [2.24, 2.45) is 0 Å². The number of hydrogen-bond donors (Lipinski definition) is 0. The van der Waals surface area contributed by atoms with Crippen LogP contribution in [0.2, 0.25) is 5.15 Å². The third kappa shape index (κ3) is 2.69. The minimum absolute atomic E-state index is 0.0883. The molecule has 9 nitrogen and oxygen atoms in total. The predicted octanol–water partition coefficient (Wildman–Crippen LogP) is 2.45. The first-order valence-electron chi connectivity index (χ1n) is 6.75. The largest absolute Gasteiger partial charge is 0.493 e. The Hall–Kier alpha value is -2.94. The number of rotatable bonds is 5. The fourth-order valence-electron chi connectivity index (χ4n) is 2.36. The molecule has 0 saturated carbocycles. The molecular weight excluding hydrogens is 338 g/mol. The van der Waals surface area contributed by atoms with Crippen LogP contribution in [0.25, 0.3) is 11.2 Å². The van der Waals surface area contributed by atoms with Gasteiger partial charge in [-0.1, -0.05) is 11.6 Å². The van der Waals surface area contributed by atoms with Crippen molar-refractivity contribution in [2.75, 3.05) is 14.2 Å². The second-order valence-electron chi connectivity index (χ2n) is 4.80. The van der Waals surface area contributed by atoms with Crippen molar-refractivity contribution in [2.45, 2.75) is 6.54 Å². The fourth-order valence-corrected chi connectivity index (χ4v) is 2.54. The molecule has 2 aromatic heterocycles. The molecular formula is C14H12ClN5O4. The monoisotopic (exact) mass is 349 g/mol. The molecule has 0 amide bonds. The number of fused-ring (bicyclic) bond motifs is 1. The zero-order chi connectivity index (χ0) is 17.3. The number of methoxy groups -OCH3 is 2. The van der Waals surface area contributed by atoms with E-state index in [0.29, 0.717) is 22.5 Å². The van der Waals surface area contributed by atoms with Gasteiger partial charge in [0.25, 0.3) is 5.69 Å². The van der Waals surface area contributed by atoms with Crippen molar-refractivity contribution < 1.29 is 14.4 Å². The molecule has 0 radical (unpaired) electrons. The molecule has 3 aromatic rings. The highest BCUT2D eigenvalue weighted by molar-refractivity contribution is 6.33. The standard InChI is InChI=1S/C14H12ClN5O4/c1-23-10-3-8(9(20(21)22)4-11(10)24-2)5-19-7-18-12-13(15)16-6-17-14(12)19/h3-4,6-7H,5H2,1-2H3. The van der Waals surface area contributed by atoms with Crippen molar-refractivity contribution >= 4 is 28.5 Å². The molecule has 0 saturated heterocycles. The van der Waals surface area contributed by atoms with Gasteiger partial charge in [0.15, 0.2) is 22.3 Å². The summed E-state index contributed by atoms with van der Waals surface area (Å²) in [4.78, 5) is 23.0. The van der Waals surface area contributed by atoms with Gasteiger partial charge in [-0.3, -0.25) is 10.1 Å². The van der Waals surface area contributed by atoms with Crippen molar-refractivity contribution in [3.8, 4) is 11.5 Å². The van der Waals surface area contributed by atoms with Crippen LogP contribution in [0.1, 0.15) is 5.56 Å². The van der Waals surface area contributed by atoms with Crippen molar-refractivity contribution in [1.82, 2.24) is 19.5 Å². The van der Waals surface area contributed by atoms with Gasteiger partial charge in [0.2, 0.25) is 0 Å². The fraction of sp³-hybridized carbons (Fsp3) is 0.214. The zero-order valence-electron chi connectivity index (χ0n) is 12.8. The number of hydrogen-bond acceptors (Lipinski definition) is 7. The first kappa shape index (κ1) is 15.9. The van der Waals surface area contributed by atoms with E-state index in [9.17, 15) is 10.1 Å². The quantitative estimate of drug-likeness (QED) is 0.395. The minimum atomic E-state index is -0.474. The van der Waals surface area contributed by atoms with E-state index < -0.39 is 4.92 Å². The average molecular weight is 350 g/mol. The molecule has 0 spiro atoms. The van der Waals surface area contributed by atoms with Crippen molar-refractivity contribution in [3.05, 3.63) is 45.6 Å². The summed E-state index contributed by atoms with van der Waals surface area (Å²) in [6.07, 6.45) is 2.82. The highest BCUT2D eigenvalue weighted by atomic mass is 35.5. The average Bonchev–Trinajstić information content (AvgIpc) is 2.98. The summed E-state index contributed by atoms with van der Waals surface area (Å²) in [6, 6.07) is 2.89. The van der Waals surface area contributed by atoms with Crippen LogP contribution in [0.4, 0.5) is 5.69 Å². The van der Waals surface area contributed by atoms with Crippen molar-refractivity contribution in [1.29, 1.82) is 0 Å². The molecule has 0 bridgehead atoms. The number of ether oxygens (including phenoxy) is 2. The number of nitro benzene ring substituents is 1. The highest BCUT2D eigenvalue weighted by Crippen LogP contribution is 2.35. The maximum Gasteiger partial charge on any atom is 0.278 e. The van der Waals surface area contributed by atoms with Crippen LogP contribution in [-0.4, -0.2) is 38.7 Å². The normalized spacial score (nSPS) is 10.8. The van der Waals surface area contributed by atoms with E-state index in [0.717, 1.165) is 0 Å². The number of aromatic nitrogens is 4. The van der Waals surface area contributed by atoms with Gasteiger partial charge in [0.05, 0.1) is 43.6 Å². The summed E-state index contributed by atoms with van der Waals surface area (Å²) < 4.78 is 12.0. The van der Waals surface area contributed by atoms with Gasteiger partial charge in [0, 0.05) is 0 Å². The van der Waals surface area contributed by atoms with E-state index in [1.807, 2.05) is 0 Å². The Morgan fingerprint density at radius 3 is 2.58 bits per heavy atom. The topological polar surface area (TPSA) is 105 Å². The van der Waals surface area contributed by atoms with Crippen LogP contribution >= 0.6 is 11.6 Å². The lowest BCUT2D eigenvalue weighted by atomic mass is 10.1. The Balaban J connectivity index is 2.11. The minimum Gasteiger partial charge on any atom is -0.493 e. The van der Waals surface area contributed by atoms with Crippen LogP contribution < -0.4 is 9.47 Å². The lowest BCUT2D eigenvalue weighted by molar-refractivity contribution is -0.385. The van der Waals surface area contributed by atoms with E-state index in [-0.39, 0.29) is 23.1 Å².